The van der Waals surface area contributed by atoms with Crippen molar-refractivity contribution in [3.8, 4) is 5.75 Å². The third kappa shape index (κ3) is 2.89. The highest BCUT2D eigenvalue weighted by atomic mass is 32.2. The predicted molar refractivity (Wildman–Crippen MR) is 84.1 cm³/mol. The number of aromatic hydroxyl groups is 1. The molecule has 0 amide bonds. The molecule has 1 atom stereocenters. The Morgan fingerprint density at radius 1 is 1.24 bits per heavy atom. The molecule has 2 aromatic rings. The third-order valence-corrected chi connectivity index (χ3v) is 6.01. The van der Waals surface area contributed by atoms with Crippen LogP contribution in [0.15, 0.2) is 36.4 Å². The maximum Gasteiger partial charge on any atom is 0.151 e. The van der Waals surface area contributed by atoms with Crippen molar-refractivity contribution in [1.82, 2.24) is 4.90 Å². The highest BCUT2D eigenvalue weighted by molar-refractivity contribution is 7.91. The van der Waals surface area contributed by atoms with E-state index in [0.29, 0.717) is 13.0 Å². The van der Waals surface area contributed by atoms with Gasteiger partial charge in [0.15, 0.2) is 9.84 Å². The average molecular weight is 305 g/mol. The first-order valence-corrected chi connectivity index (χ1v) is 8.89. The van der Waals surface area contributed by atoms with Gasteiger partial charge in [-0.2, -0.15) is 0 Å². The molecule has 1 heterocycles. The van der Waals surface area contributed by atoms with E-state index in [4.69, 9.17) is 0 Å². The Morgan fingerprint density at radius 2 is 2.00 bits per heavy atom. The van der Waals surface area contributed by atoms with Crippen LogP contribution in [0.4, 0.5) is 0 Å². The van der Waals surface area contributed by atoms with Crippen LogP contribution in [0.25, 0.3) is 10.8 Å². The summed E-state index contributed by atoms with van der Waals surface area (Å²) in [5.74, 6) is 0.750. The van der Waals surface area contributed by atoms with Gasteiger partial charge in [0.05, 0.1) is 11.5 Å². The number of nitrogens with zero attached hydrogens (tertiary/aromatic N) is 1. The molecule has 1 unspecified atom stereocenters. The number of hydrogen-bond acceptors (Lipinski definition) is 4. The van der Waals surface area contributed by atoms with Crippen molar-refractivity contribution in [3.63, 3.8) is 0 Å². The molecule has 4 nitrogen and oxygen atoms in total. The minimum Gasteiger partial charge on any atom is -0.508 e. The molecule has 0 spiro atoms. The van der Waals surface area contributed by atoms with Crippen LogP contribution in [0.5, 0.6) is 5.75 Å². The monoisotopic (exact) mass is 305 g/mol. The van der Waals surface area contributed by atoms with Gasteiger partial charge in [-0.3, -0.25) is 4.90 Å². The van der Waals surface area contributed by atoms with Crippen LogP contribution in [0, 0.1) is 0 Å². The van der Waals surface area contributed by atoms with Crippen molar-refractivity contribution in [2.24, 2.45) is 0 Å². The average Bonchev–Trinajstić information content (AvgIpc) is 2.82. The summed E-state index contributed by atoms with van der Waals surface area (Å²) in [6.07, 6.45) is 0.671. The minimum absolute atomic E-state index is 0.0355. The molecule has 1 N–H and O–H groups in total. The molecule has 0 aromatic heterocycles. The molecule has 112 valence electrons. The first-order chi connectivity index (χ1) is 9.96. The first kappa shape index (κ1) is 14.4. The normalized spacial score (nSPS) is 21.1. The maximum absolute atomic E-state index is 11.6. The van der Waals surface area contributed by atoms with Crippen LogP contribution in [-0.4, -0.2) is 43.0 Å². The van der Waals surface area contributed by atoms with Crippen molar-refractivity contribution >= 4 is 20.6 Å². The number of hydrogen-bond donors (Lipinski definition) is 1. The van der Waals surface area contributed by atoms with E-state index in [-0.39, 0.29) is 23.3 Å². The fraction of sp³-hybridized carbons (Fsp3) is 0.375. The van der Waals surface area contributed by atoms with Crippen molar-refractivity contribution in [2.75, 3.05) is 18.6 Å². The first-order valence-electron chi connectivity index (χ1n) is 7.06. The third-order valence-electron chi connectivity index (χ3n) is 4.26. The number of phenolic OH excluding ortho intramolecular Hbond substituents is 1. The highest BCUT2D eigenvalue weighted by Gasteiger charge is 2.30. The number of rotatable bonds is 3. The zero-order valence-electron chi connectivity index (χ0n) is 12.0. The molecule has 21 heavy (non-hydrogen) atoms. The molecule has 5 heteroatoms. The van der Waals surface area contributed by atoms with Crippen LogP contribution in [0.1, 0.15) is 12.0 Å². The minimum atomic E-state index is -2.89. The highest BCUT2D eigenvalue weighted by Crippen LogP contribution is 2.29. The van der Waals surface area contributed by atoms with Crippen LogP contribution < -0.4 is 0 Å². The lowest BCUT2D eigenvalue weighted by Gasteiger charge is -2.24. The molecule has 3 rings (SSSR count). The Labute approximate surface area is 124 Å². The molecule has 0 aliphatic carbocycles. The number of phenols is 1. The van der Waals surface area contributed by atoms with E-state index in [1.54, 1.807) is 6.07 Å². The van der Waals surface area contributed by atoms with Gasteiger partial charge in [0.25, 0.3) is 0 Å². The fourth-order valence-electron chi connectivity index (χ4n) is 2.99. The van der Waals surface area contributed by atoms with Crippen molar-refractivity contribution in [2.45, 2.75) is 19.0 Å². The van der Waals surface area contributed by atoms with Crippen molar-refractivity contribution in [3.05, 3.63) is 42.0 Å². The Balaban J connectivity index is 1.89. The zero-order chi connectivity index (χ0) is 15.0. The Hall–Kier alpha value is -1.59. The number of benzene rings is 2. The van der Waals surface area contributed by atoms with E-state index in [2.05, 4.69) is 0 Å². The molecular weight excluding hydrogens is 286 g/mol. The van der Waals surface area contributed by atoms with Crippen LogP contribution in [0.3, 0.4) is 0 Å². The lowest BCUT2D eigenvalue weighted by Crippen LogP contribution is -2.32. The second-order valence-corrected chi connectivity index (χ2v) is 7.99. The van der Waals surface area contributed by atoms with Gasteiger partial charge in [-0.05, 0) is 30.3 Å². The summed E-state index contributed by atoms with van der Waals surface area (Å²) in [5, 5.41) is 12.3. The van der Waals surface area contributed by atoms with E-state index >= 15 is 0 Å². The molecule has 1 saturated heterocycles. The van der Waals surface area contributed by atoms with Crippen LogP contribution >= 0.6 is 0 Å². The molecule has 0 radical (unpaired) electrons. The molecule has 2 aromatic carbocycles. The number of sulfone groups is 1. The van der Waals surface area contributed by atoms with E-state index in [9.17, 15) is 13.5 Å². The molecule has 0 saturated carbocycles. The topological polar surface area (TPSA) is 57.6 Å². The van der Waals surface area contributed by atoms with Gasteiger partial charge in [-0.25, -0.2) is 8.42 Å². The standard InChI is InChI=1S/C16H19NO3S/c1-17(13-8-9-21(19,20)11-13)10-15-14-5-3-2-4-12(14)6-7-16(15)18/h2-7,13,18H,8-11H2,1H3. The maximum atomic E-state index is 11.6. The van der Waals surface area contributed by atoms with Crippen molar-refractivity contribution in [1.29, 1.82) is 0 Å². The predicted octanol–water partition coefficient (Wildman–Crippen LogP) is 2.16. The van der Waals surface area contributed by atoms with Crippen LogP contribution in [-0.2, 0) is 16.4 Å². The van der Waals surface area contributed by atoms with Gasteiger partial charge < -0.3 is 5.11 Å². The summed E-state index contributed by atoms with van der Waals surface area (Å²) < 4.78 is 23.2. The van der Waals surface area contributed by atoms with Crippen LogP contribution in [0.2, 0.25) is 0 Å². The summed E-state index contributed by atoms with van der Waals surface area (Å²) in [7, 11) is -0.966. The molecule has 0 bridgehead atoms. The van der Waals surface area contributed by atoms with E-state index in [0.717, 1.165) is 16.3 Å². The summed E-state index contributed by atoms with van der Waals surface area (Å²) in [6, 6.07) is 11.6. The summed E-state index contributed by atoms with van der Waals surface area (Å²) in [6.45, 7) is 0.549. The van der Waals surface area contributed by atoms with Crippen molar-refractivity contribution < 1.29 is 13.5 Å². The largest absolute Gasteiger partial charge is 0.508 e. The number of fused-ring (bicyclic) bond motifs is 1. The fourth-order valence-corrected chi connectivity index (χ4v) is 4.80. The van der Waals surface area contributed by atoms with Gasteiger partial charge >= 0.3 is 0 Å². The Bertz CT molecular complexity index is 770. The lowest BCUT2D eigenvalue weighted by molar-refractivity contribution is 0.251. The van der Waals surface area contributed by atoms with Gasteiger partial charge in [-0.1, -0.05) is 30.3 Å². The van der Waals surface area contributed by atoms with Gasteiger partial charge in [0.2, 0.25) is 0 Å². The summed E-state index contributed by atoms with van der Waals surface area (Å²) in [5.41, 5.74) is 0.861. The second kappa shape index (κ2) is 5.31. The Morgan fingerprint density at radius 3 is 2.71 bits per heavy atom. The van der Waals surface area contributed by atoms with Gasteiger partial charge in [0.1, 0.15) is 5.75 Å². The quantitative estimate of drug-likeness (QED) is 0.944. The smallest absolute Gasteiger partial charge is 0.151 e. The summed E-state index contributed by atoms with van der Waals surface area (Å²) in [4.78, 5) is 2.03. The summed E-state index contributed by atoms with van der Waals surface area (Å²) >= 11 is 0. The van der Waals surface area contributed by atoms with E-state index in [1.807, 2.05) is 42.3 Å². The molecule has 1 aliphatic heterocycles. The van der Waals surface area contributed by atoms with E-state index in [1.165, 1.54) is 0 Å². The SMILES string of the molecule is CN(Cc1c(O)ccc2ccccc12)C1CCS(=O)(=O)C1. The second-order valence-electron chi connectivity index (χ2n) is 5.76. The zero-order valence-corrected chi connectivity index (χ0v) is 12.8. The van der Waals surface area contributed by atoms with E-state index < -0.39 is 9.84 Å². The van der Waals surface area contributed by atoms with Gasteiger partial charge in [0, 0.05) is 18.2 Å². The molecule has 1 fully saturated rings. The molecular formula is C16H19NO3S. The Kier molecular flexibility index (Phi) is 3.63. The lowest BCUT2D eigenvalue weighted by atomic mass is 10.0. The van der Waals surface area contributed by atoms with Gasteiger partial charge in [-0.15, -0.1) is 0 Å². The molecule has 1 aliphatic rings.